The molecule has 0 radical (unpaired) electrons. The summed E-state index contributed by atoms with van der Waals surface area (Å²) in [6.07, 6.45) is 2.48. The monoisotopic (exact) mass is 282 g/mol. The molecule has 1 aromatic heterocycles. The van der Waals surface area contributed by atoms with E-state index in [1.807, 2.05) is 6.07 Å². The maximum absolute atomic E-state index is 4.56. The summed E-state index contributed by atoms with van der Waals surface area (Å²) in [4.78, 5) is 7.11. The van der Waals surface area contributed by atoms with E-state index in [0.29, 0.717) is 12.0 Å². The van der Waals surface area contributed by atoms with Crippen LogP contribution in [0.2, 0.25) is 0 Å². The Morgan fingerprint density at radius 2 is 2.00 bits per heavy atom. The predicted molar refractivity (Wildman–Crippen MR) is 70.6 cm³/mol. The Bertz CT molecular complexity index is 344. The Balaban J connectivity index is 1.99. The molecule has 0 atom stereocenters. The minimum atomic E-state index is 0.646. The first-order chi connectivity index (χ1) is 7.66. The summed E-state index contributed by atoms with van der Waals surface area (Å²) in [6.45, 7) is 6.96. The van der Waals surface area contributed by atoms with Gasteiger partial charge >= 0.3 is 0 Å². The van der Waals surface area contributed by atoms with Crippen molar-refractivity contribution in [3.8, 4) is 0 Å². The summed E-state index contributed by atoms with van der Waals surface area (Å²) >= 11 is 3.44. The molecule has 0 aliphatic carbocycles. The third-order valence-electron chi connectivity index (χ3n) is 3.41. The smallest absolute Gasteiger partial charge is 0.106 e. The molecule has 0 N–H and O–H groups in total. The molecule has 0 spiro atoms. The molecule has 1 aliphatic rings. The molecule has 0 saturated carbocycles. The van der Waals surface area contributed by atoms with Crippen LogP contribution < -0.4 is 0 Å². The van der Waals surface area contributed by atoms with Crippen LogP contribution in [0, 0.1) is 0 Å². The minimum Gasteiger partial charge on any atom is -0.301 e. The van der Waals surface area contributed by atoms with Gasteiger partial charge in [0.05, 0.1) is 0 Å². The van der Waals surface area contributed by atoms with Crippen molar-refractivity contribution in [1.82, 2.24) is 9.88 Å². The summed E-state index contributed by atoms with van der Waals surface area (Å²) in [5.74, 6) is 0.646. The lowest BCUT2D eigenvalue weighted by Crippen LogP contribution is -2.37. The summed E-state index contributed by atoms with van der Waals surface area (Å²) in [5.41, 5.74) is 1.25. The van der Waals surface area contributed by atoms with E-state index in [4.69, 9.17) is 0 Å². The molecular weight excluding hydrogens is 264 g/mol. The van der Waals surface area contributed by atoms with Gasteiger partial charge in [0.25, 0.3) is 0 Å². The van der Waals surface area contributed by atoms with Crippen LogP contribution in [0.15, 0.2) is 22.8 Å². The second-order valence-corrected chi connectivity index (χ2v) is 5.60. The maximum atomic E-state index is 4.56. The fraction of sp³-hybridized carbons (Fsp3) is 0.615. The number of likely N-dealkylation sites (tertiary alicyclic amines) is 1. The Labute approximate surface area is 106 Å². The van der Waals surface area contributed by atoms with Gasteiger partial charge in [0, 0.05) is 17.7 Å². The fourth-order valence-corrected chi connectivity index (χ4v) is 2.72. The predicted octanol–water partition coefficient (Wildman–Crippen LogP) is 3.43. The molecule has 2 nitrogen and oxygen atoms in total. The molecule has 2 heterocycles. The summed E-state index contributed by atoms with van der Waals surface area (Å²) in [6, 6.07) is 6.91. The summed E-state index contributed by atoms with van der Waals surface area (Å²) in [7, 11) is 0. The molecule has 1 fully saturated rings. The van der Waals surface area contributed by atoms with Gasteiger partial charge in [0.2, 0.25) is 0 Å². The molecule has 0 bridgehead atoms. The van der Waals surface area contributed by atoms with Crippen LogP contribution in [-0.2, 0) is 0 Å². The van der Waals surface area contributed by atoms with E-state index in [0.717, 1.165) is 4.60 Å². The normalized spacial score (nSPS) is 19.2. The van der Waals surface area contributed by atoms with E-state index in [2.05, 4.69) is 51.8 Å². The zero-order chi connectivity index (χ0) is 11.5. The van der Waals surface area contributed by atoms with Crippen LogP contribution in [0.5, 0.6) is 0 Å². The van der Waals surface area contributed by atoms with Gasteiger partial charge in [-0.1, -0.05) is 6.07 Å². The van der Waals surface area contributed by atoms with Gasteiger partial charge in [-0.05, 0) is 67.8 Å². The van der Waals surface area contributed by atoms with Crippen molar-refractivity contribution in [2.75, 3.05) is 13.1 Å². The highest BCUT2D eigenvalue weighted by molar-refractivity contribution is 9.10. The number of pyridine rings is 1. The van der Waals surface area contributed by atoms with Crippen LogP contribution in [0.3, 0.4) is 0 Å². The van der Waals surface area contributed by atoms with Gasteiger partial charge in [0.15, 0.2) is 0 Å². The number of hydrogen-bond acceptors (Lipinski definition) is 2. The van der Waals surface area contributed by atoms with E-state index in [1.54, 1.807) is 0 Å². The first kappa shape index (κ1) is 12.1. The van der Waals surface area contributed by atoms with Gasteiger partial charge in [-0.3, -0.25) is 0 Å². The standard InChI is InChI=1S/C13H19BrN2/c1-10(2)16-8-6-11(7-9-16)12-4-3-5-13(14)15-12/h3-5,10-11H,6-9H2,1-2H3. The largest absolute Gasteiger partial charge is 0.301 e. The van der Waals surface area contributed by atoms with Gasteiger partial charge in [-0.2, -0.15) is 0 Å². The SMILES string of the molecule is CC(C)N1CCC(c2cccc(Br)n2)CC1. The fourth-order valence-electron chi connectivity index (χ4n) is 2.36. The third kappa shape index (κ3) is 2.83. The molecule has 3 heteroatoms. The van der Waals surface area contributed by atoms with Crippen LogP contribution in [0.1, 0.15) is 38.3 Å². The number of aromatic nitrogens is 1. The van der Waals surface area contributed by atoms with Gasteiger partial charge in [0.1, 0.15) is 4.60 Å². The Kier molecular flexibility index (Phi) is 3.98. The molecule has 2 rings (SSSR count). The highest BCUT2D eigenvalue weighted by Gasteiger charge is 2.22. The second kappa shape index (κ2) is 5.28. The summed E-state index contributed by atoms with van der Waals surface area (Å²) in [5, 5.41) is 0. The summed E-state index contributed by atoms with van der Waals surface area (Å²) < 4.78 is 0.955. The molecule has 0 unspecified atom stereocenters. The third-order valence-corrected chi connectivity index (χ3v) is 3.86. The number of nitrogens with zero attached hydrogens (tertiary/aromatic N) is 2. The highest BCUT2D eigenvalue weighted by atomic mass is 79.9. The average molecular weight is 283 g/mol. The number of rotatable bonds is 2. The van der Waals surface area contributed by atoms with Crippen LogP contribution >= 0.6 is 15.9 Å². The van der Waals surface area contributed by atoms with Crippen molar-refractivity contribution in [3.05, 3.63) is 28.5 Å². The van der Waals surface area contributed by atoms with E-state index in [-0.39, 0.29) is 0 Å². The van der Waals surface area contributed by atoms with Crippen LogP contribution in [0.4, 0.5) is 0 Å². The maximum Gasteiger partial charge on any atom is 0.106 e. The lowest BCUT2D eigenvalue weighted by Gasteiger charge is -2.34. The van der Waals surface area contributed by atoms with Crippen molar-refractivity contribution in [1.29, 1.82) is 0 Å². The second-order valence-electron chi connectivity index (χ2n) is 4.79. The van der Waals surface area contributed by atoms with E-state index < -0.39 is 0 Å². The number of hydrogen-bond donors (Lipinski definition) is 0. The van der Waals surface area contributed by atoms with Gasteiger partial charge < -0.3 is 4.90 Å². The molecule has 0 amide bonds. The molecule has 88 valence electrons. The number of halogens is 1. The molecule has 16 heavy (non-hydrogen) atoms. The first-order valence-electron chi connectivity index (χ1n) is 6.03. The van der Waals surface area contributed by atoms with E-state index in [9.17, 15) is 0 Å². The lowest BCUT2D eigenvalue weighted by molar-refractivity contribution is 0.171. The minimum absolute atomic E-state index is 0.646. The van der Waals surface area contributed by atoms with E-state index in [1.165, 1.54) is 31.6 Å². The molecule has 1 aliphatic heterocycles. The van der Waals surface area contributed by atoms with Crippen molar-refractivity contribution < 1.29 is 0 Å². The number of piperidine rings is 1. The Morgan fingerprint density at radius 3 is 2.56 bits per heavy atom. The Morgan fingerprint density at radius 1 is 1.31 bits per heavy atom. The molecule has 0 aromatic carbocycles. The molecular formula is C13H19BrN2. The van der Waals surface area contributed by atoms with Crippen molar-refractivity contribution >= 4 is 15.9 Å². The van der Waals surface area contributed by atoms with Crippen molar-refractivity contribution in [2.45, 2.75) is 38.6 Å². The lowest BCUT2D eigenvalue weighted by atomic mass is 9.92. The topological polar surface area (TPSA) is 16.1 Å². The van der Waals surface area contributed by atoms with Crippen molar-refractivity contribution in [2.24, 2.45) is 0 Å². The average Bonchev–Trinajstić information content (AvgIpc) is 2.29. The quantitative estimate of drug-likeness (QED) is 0.773. The molecule has 1 aromatic rings. The zero-order valence-electron chi connectivity index (χ0n) is 9.99. The van der Waals surface area contributed by atoms with E-state index >= 15 is 0 Å². The zero-order valence-corrected chi connectivity index (χ0v) is 11.6. The van der Waals surface area contributed by atoms with Gasteiger partial charge in [-0.15, -0.1) is 0 Å². The van der Waals surface area contributed by atoms with Crippen LogP contribution in [-0.4, -0.2) is 29.0 Å². The molecule has 1 saturated heterocycles. The highest BCUT2D eigenvalue weighted by Crippen LogP contribution is 2.28. The Hall–Kier alpha value is -0.410. The van der Waals surface area contributed by atoms with Crippen LogP contribution in [0.25, 0.3) is 0 Å². The van der Waals surface area contributed by atoms with Gasteiger partial charge in [-0.25, -0.2) is 4.98 Å². The van der Waals surface area contributed by atoms with Crippen molar-refractivity contribution in [3.63, 3.8) is 0 Å². The first-order valence-corrected chi connectivity index (χ1v) is 6.82.